The molecule has 1 atom stereocenters. The molecule has 2 N–H and O–H groups in total. The number of carbonyl (C=O) groups is 1. The molecular formula is C9H17N3OS. The van der Waals surface area contributed by atoms with Gasteiger partial charge in [0.15, 0.2) is 5.17 Å². The Morgan fingerprint density at radius 3 is 3.21 bits per heavy atom. The summed E-state index contributed by atoms with van der Waals surface area (Å²) in [6.45, 7) is 2.38. The van der Waals surface area contributed by atoms with Gasteiger partial charge < -0.3 is 10.6 Å². The standard InChI is InChI=1S/C9H17N3OS/c1-3-7-4-5-14-9(12-7)11-6-8(13)10-2/h7H,3-6H2,1-2H3,(H,10,13)(H,11,12). The van der Waals surface area contributed by atoms with Gasteiger partial charge >= 0.3 is 0 Å². The van der Waals surface area contributed by atoms with E-state index in [0.29, 0.717) is 6.04 Å². The fraction of sp³-hybridized carbons (Fsp3) is 0.778. The quantitative estimate of drug-likeness (QED) is 0.724. The summed E-state index contributed by atoms with van der Waals surface area (Å²) in [6, 6.07) is 0.527. The highest BCUT2D eigenvalue weighted by atomic mass is 32.2. The number of aliphatic imine (C=N–C) groups is 1. The predicted octanol–water partition coefficient (Wildman–Crippen LogP) is 0.594. The maximum atomic E-state index is 11.0. The maximum Gasteiger partial charge on any atom is 0.241 e. The zero-order valence-corrected chi connectivity index (χ0v) is 9.49. The fourth-order valence-electron chi connectivity index (χ4n) is 1.21. The van der Waals surface area contributed by atoms with Crippen LogP contribution in [-0.2, 0) is 4.79 Å². The van der Waals surface area contributed by atoms with Crippen LogP contribution < -0.4 is 10.6 Å². The van der Waals surface area contributed by atoms with E-state index in [1.165, 1.54) is 6.42 Å². The first kappa shape index (κ1) is 11.4. The second-order valence-corrected chi connectivity index (χ2v) is 4.26. The van der Waals surface area contributed by atoms with Gasteiger partial charge in [0.05, 0.1) is 0 Å². The molecule has 1 saturated heterocycles. The molecular weight excluding hydrogens is 198 g/mol. The van der Waals surface area contributed by atoms with Crippen LogP contribution >= 0.6 is 11.8 Å². The number of amidine groups is 1. The lowest BCUT2D eigenvalue weighted by atomic mass is 10.2. The number of hydrogen-bond donors (Lipinski definition) is 2. The van der Waals surface area contributed by atoms with Crippen molar-refractivity contribution >= 4 is 22.8 Å². The number of hydrogen-bond acceptors (Lipinski definition) is 3. The molecule has 0 bridgehead atoms. The Morgan fingerprint density at radius 2 is 2.57 bits per heavy atom. The van der Waals surface area contributed by atoms with Crippen LogP contribution in [0.3, 0.4) is 0 Å². The van der Waals surface area contributed by atoms with Crippen molar-refractivity contribution in [2.45, 2.75) is 25.8 Å². The Balaban J connectivity index is 2.39. The summed E-state index contributed by atoms with van der Waals surface area (Å²) in [5.41, 5.74) is 0. The molecule has 80 valence electrons. The van der Waals surface area contributed by atoms with Crippen molar-refractivity contribution < 1.29 is 4.79 Å². The summed E-state index contributed by atoms with van der Waals surface area (Å²) in [5, 5.41) is 6.77. The first-order valence-corrected chi connectivity index (χ1v) is 5.89. The lowest BCUT2D eigenvalue weighted by Crippen LogP contribution is -2.37. The number of nitrogens with one attached hydrogen (secondary N) is 2. The first-order valence-electron chi connectivity index (χ1n) is 4.90. The Hall–Kier alpha value is -0.710. The molecule has 0 radical (unpaired) electrons. The van der Waals surface area contributed by atoms with Crippen LogP contribution in [0.25, 0.3) is 0 Å². The molecule has 0 aliphatic carbocycles. The molecule has 1 heterocycles. The summed E-state index contributed by atoms with van der Waals surface area (Å²) >= 11 is 1.69. The molecule has 1 fully saturated rings. The van der Waals surface area contributed by atoms with Gasteiger partial charge in [-0.05, 0) is 12.8 Å². The van der Waals surface area contributed by atoms with Crippen molar-refractivity contribution in [3.8, 4) is 0 Å². The van der Waals surface area contributed by atoms with E-state index in [-0.39, 0.29) is 12.5 Å². The molecule has 1 rings (SSSR count). The number of nitrogens with zero attached hydrogens (tertiary/aromatic N) is 1. The number of thioether (sulfide) groups is 1. The molecule has 1 aliphatic rings. The molecule has 0 spiro atoms. The van der Waals surface area contributed by atoms with Crippen molar-refractivity contribution in [2.75, 3.05) is 19.3 Å². The third kappa shape index (κ3) is 3.57. The topological polar surface area (TPSA) is 53.5 Å². The third-order valence-electron chi connectivity index (χ3n) is 2.17. The number of rotatable bonds is 3. The summed E-state index contributed by atoms with van der Waals surface area (Å²) in [7, 11) is 1.62. The highest BCUT2D eigenvalue weighted by molar-refractivity contribution is 8.13. The molecule has 14 heavy (non-hydrogen) atoms. The zero-order valence-electron chi connectivity index (χ0n) is 8.67. The summed E-state index contributed by atoms with van der Waals surface area (Å²) < 4.78 is 0. The lowest BCUT2D eigenvalue weighted by Gasteiger charge is -2.24. The number of carbonyl (C=O) groups excluding carboxylic acids is 1. The molecule has 0 saturated carbocycles. The predicted molar refractivity (Wildman–Crippen MR) is 60.7 cm³/mol. The average Bonchev–Trinajstić information content (AvgIpc) is 2.26. The van der Waals surface area contributed by atoms with E-state index in [1.54, 1.807) is 18.8 Å². The minimum absolute atomic E-state index is 0.0430. The molecule has 0 aromatic carbocycles. The fourth-order valence-corrected chi connectivity index (χ4v) is 2.21. The van der Waals surface area contributed by atoms with E-state index in [2.05, 4.69) is 22.5 Å². The molecule has 1 unspecified atom stereocenters. The van der Waals surface area contributed by atoms with Gasteiger partial charge in [0.25, 0.3) is 0 Å². The molecule has 1 aliphatic heterocycles. The minimum atomic E-state index is -0.0430. The summed E-state index contributed by atoms with van der Waals surface area (Å²) in [4.78, 5) is 15.2. The van der Waals surface area contributed by atoms with Crippen molar-refractivity contribution in [1.82, 2.24) is 10.6 Å². The third-order valence-corrected chi connectivity index (χ3v) is 3.13. The molecule has 1 amide bonds. The Labute approximate surface area is 88.9 Å². The van der Waals surface area contributed by atoms with Crippen LogP contribution in [0.4, 0.5) is 0 Å². The summed E-state index contributed by atoms with van der Waals surface area (Å²) in [6.07, 6.45) is 2.29. The highest BCUT2D eigenvalue weighted by Crippen LogP contribution is 2.15. The van der Waals surface area contributed by atoms with Crippen LogP contribution in [-0.4, -0.2) is 36.5 Å². The molecule has 0 aromatic heterocycles. The SMILES string of the molecule is CCC1CCSC(=NCC(=O)NC)N1. The molecule has 5 heteroatoms. The average molecular weight is 215 g/mol. The van der Waals surface area contributed by atoms with Gasteiger partial charge in [0, 0.05) is 18.8 Å². The zero-order chi connectivity index (χ0) is 10.4. The van der Waals surface area contributed by atoms with Gasteiger partial charge in [-0.25, -0.2) is 0 Å². The van der Waals surface area contributed by atoms with Crippen molar-refractivity contribution in [2.24, 2.45) is 4.99 Å². The van der Waals surface area contributed by atoms with E-state index < -0.39 is 0 Å². The largest absolute Gasteiger partial charge is 0.362 e. The number of amides is 1. The van der Waals surface area contributed by atoms with Gasteiger partial charge in [-0.15, -0.1) is 0 Å². The highest BCUT2D eigenvalue weighted by Gasteiger charge is 2.15. The van der Waals surface area contributed by atoms with Crippen molar-refractivity contribution in [1.29, 1.82) is 0 Å². The van der Waals surface area contributed by atoms with Gasteiger partial charge in [0.2, 0.25) is 5.91 Å². The Kier molecular flexibility index (Phi) is 4.79. The van der Waals surface area contributed by atoms with Gasteiger partial charge in [-0.1, -0.05) is 18.7 Å². The maximum absolute atomic E-state index is 11.0. The monoisotopic (exact) mass is 215 g/mol. The summed E-state index contributed by atoms with van der Waals surface area (Å²) in [5.74, 6) is 1.05. The van der Waals surface area contributed by atoms with Crippen LogP contribution in [0.15, 0.2) is 4.99 Å². The van der Waals surface area contributed by atoms with Crippen LogP contribution in [0.2, 0.25) is 0 Å². The molecule has 4 nitrogen and oxygen atoms in total. The van der Waals surface area contributed by atoms with Crippen LogP contribution in [0.5, 0.6) is 0 Å². The van der Waals surface area contributed by atoms with Gasteiger partial charge in [0.1, 0.15) is 6.54 Å². The van der Waals surface area contributed by atoms with E-state index in [0.717, 1.165) is 17.3 Å². The lowest BCUT2D eigenvalue weighted by molar-refractivity contribution is -0.119. The smallest absolute Gasteiger partial charge is 0.241 e. The van der Waals surface area contributed by atoms with E-state index in [1.807, 2.05) is 0 Å². The van der Waals surface area contributed by atoms with Gasteiger partial charge in [-0.2, -0.15) is 0 Å². The van der Waals surface area contributed by atoms with Gasteiger partial charge in [-0.3, -0.25) is 9.79 Å². The minimum Gasteiger partial charge on any atom is -0.362 e. The Morgan fingerprint density at radius 1 is 1.79 bits per heavy atom. The second-order valence-electron chi connectivity index (χ2n) is 3.18. The van der Waals surface area contributed by atoms with E-state index in [4.69, 9.17) is 0 Å². The second kappa shape index (κ2) is 5.90. The van der Waals surface area contributed by atoms with Crippen LogP contribution in [0, 0.1) is 0 Å². The first-order chi connectivity index (χ1) is 6.76. The molecule has 0 aromatic rings. The number of likely N-dealkylation sites (N-methyl/N-ethyl adjacent to an activating group) is 1. The Bertz CT molecular complexity index is 230. The van der Waals surface area contributed by atoms with E-state index in [9.17, 15) is 4.79 Å². The van der Waals surface area contributed by atoms with Crippen molar-refractivity contribution in [3.63, 3.8) is 0 Å². The van der Waals surface area contributed by atoms with E-state index >= 15 is 0 Å². The normalized spacial score (nSPS) is 24.4. The van der Waals surface area contributed by atoms with Crippen LogP contribution in [0.1, 0.15) is 19.8 Å². The van der Waals surface area contributed by atoms with Crippen molar-refractivity contribution in [3.05, 3.63) is 0 Å².